The Morgan fingerprint density at radius 1 is 0.377 bits per heavy atom. The first-order valence-electron chi connectivity index (χ1n) is 20.5. The van der Waals surface area contributed by atoms with Crippen LogP contribution in [0.1, 0.15) is 25.0 Å². The smallest absolute Gasteiger partial charge is 0.227 e. The van der Waals surface area contributed by atoms with Crippen LogP contribution in [-0.4, -0.2) is 19.9 Å². The van der Waals surface area contributed by atoms with Crippen molar-refractivity contribution in [2.24, 2.45) is 0 Å². The summed E-state index contributed by atoms with van der Waals surface area (Å²) in [4.78, 5) is 19.9. The van der Waals surface area contributed by atoms with Crippen LogP contribution in [0.4, 0.5) is 0 Å². The monoisotopic (exact) mass is 784 g/mol. The van der Waals surface area contributed by atoms with E-state index in [0.29, 0.717) is 23.4 Å². The molecule has 0 N–H and O–H groups in total. The van der Waals surface area contributed by atoms with Crippen LogP contribution in [-0.2, 0) is 5.41 Å². The number of oxazole rings is 1. The number of hydrogen-bond acceptors (Lipinski definition) is 6. The molecule has 11 aromatic rings. The van der Waals surface area contributed by atoms with E-state index in [1.54, 1.807) is 0 Å². The van der Waals surface area contributed by atoms with Gasteiger partial charge in [-0.3, -0.25) is 0 Å². The Balaban J connectivity index is 0.973. The van der Waals surface area contributed by atoms with Crippen molar-refractivity contribution in [3.63, 3.8) is 0 Å². The van der Waals surface area contributed by atoms with Gasteiger partial charge in [-0.05, 0) is 87.5 Å². The molecule has 12 rings (SSSR count). The van der Waals surface area contributed by atoms with Crippen LogP contribution >= 0.6 is 0 Å². The second-order valence-corrected chi connectivity index (χ2v) is 16.2. The second kappa shape index (κ2) is 13.5. The molecule has 0 radical (unpaired) electrons. The van der Waals surface area contributed by atoms with E-state index in [4.69, 9.17) is 28.8 Å². The van der Waals surface area contributed by atoms with Crippen molar-refractivity contribution < 1.29 is 8.83 Å². The molecule has 6 heteroatoms. The van der Waals surface area contributed by atoms with E-state index >= 15 is 0 Å². The number of benzene rings is 8. The zero-order valence-corrected chi connectivity index (χ0v) is 33.4. The van der Waals surface area contributed by atoms with Crippen molar-refractivity contribution in [3.05, 3.63) is 193 Å². The summed E-state index contributed by atoms with van der Waals surface area (Å²) in [5.74, 6) is 2.51. The molecule has 0 atom stereocenters. The molecule has 0 unspecified atom stereocenters. The average molecular weight is 785 g/mol. The van der Waals surface area contributed by atoms with Gasteiger partial charge in [0.2, 0.25) is 5.89 Å². The van der Waals surface area contributed by atoms with Gasteiger partial charge in [0.15, 0.2) is 23.1 Å². The highest BCUT2D eigenvalue weighted by molar-refractivity contribution is 6.16. The Bertz CT molecular complexity index is 3440. The zero-order valence-electron chi connectivity index (χ0n) is 33.4. The summed E-state index contributed by atoms with van der Waals surface area (Å²) in [7, 11) is 0. The number of aromatic nitrogens is 4. The maximum absolute atomic E-state index is 6.81. The summed E-state index contributed by atoms with van der Waals surface area (Å²) < 4.78 is 13.1. The highest BCUT2D eigenvalue weighted by Gasteiger charge is 2.37. The summed E-state index contributed by atoms with van der Waals surface area (Å²) in [5, 5.41) is 2.14. The third-order valence-electron chi connectivity index (χ3n) is 12.2. The molecule has 0 aliphatic heterocycles. The third-order valence-corrected chi connectivity index (χ3v) is 12.2. The second-order valence-electron chi connectivity index (χ2n) is 16.2. The first-order chi connectivity index (χ1) is 30.0. The Morgan fingerprint density at radius 3 is 1.66 bits per heavy atom. The van der Waals surface area contributed by atoms with Crippen LogP contribution in [0, 0.1) is 0 Å². The first kappa shape index (κ1) is 35.0. The van der Waals surface area contributed by atoms with Gasteiger partial charge < -0.3 is 8.83 Å². The average Bonchev–Trinajstić information content (AvgIpc) is 3.99. The zero-order chi connectivity index (χ0) is 40.7. The number of rotatable bonds is 6. The molecule has 6 nitrogen and oxygen atoms in total. The van der Waals surface area contributed by atoms with E-state index in [2.05, 4.69) is 98.8 Å². The SMILES string of the molecule is CC1(C)c2cc(-c3ccc(-c4cccc(-c5nc(-c6ccccc6)nc(-c6ccccc6)n5)c4)c4c3oc3ccccc34)ccc2-c2cc3nc(-c4ccccc4)oc3cc21. The fraction of sp³-hybridized carbons (Fsp3) is 0.0545. The molecule has 1 aliphatic rings. The van der Waals surface area contributed by atoms with Gasteiger partial charge in [0.1, 0.15) is 16.7 Å². The predicted molar refractivity (Wildman–Crippen MR) is 245 cm³/mol. The quantitative estimate of drug-likeness (QED) is 0.167. The largest absolute Gasteiger partial charge is 0.455 e. The van der Waals surface area contributed by atoms with Crippen molar-refractivity contribution in [1.82, 2.24) is 19.9 Å². The van der Waals surface area contributed by atoms with Gasteiger partial charge in [0, 0.05) is 44.0 Å². The summed E-state index contributed by atoms with van der Waals surface area (Å²) in [5.41, 5.74) is 16.0. The van der Waals surface area contributed by atoms with Crippen LogP contribution in [0.5, 0.6) is 0 Å². The first-order valence-corrected chi connectivity index (χ1v) is 20.5. The lowest BCUT2D eigenvalue weighted by Gasteiger charge is -2.22. The van der Waals surface area contributed by atoms with Crippen LogP contribution in [0.3, 0.4) is 0 Å². The Morgan fingerprint density at radius 2 is 0.934 bits per heavy atom. The van der Waals surface area contributed by atoms with Crippen molar-refractivity contribution in [2.45, 2.75) is 19.3 Å². The number of para-hydroxylation sites is 1. The summed E-state index contributed by atoms with van der Waals surface area (Å²) in [6.45, 7) is 4.60. The topological polar surface area (TPSA) is 77.8 Å². The minimum atomic E-state index is -0.266. The molecular formula is C55H36N4O2. The fourth-order valence-electron chi connectivity index (χ4n) is 9.09. The molecule has 0 spiro atoms. The lowest BCUT2D eigenvalue weighted by molar-refractivity contribution is 0.614. The molecule has 3 heterocycles. The number of fused-ring (bicyclic) bond motifs is 7. The van der Waals surface area contributed by atoms with E-state index in [1.807, 2.05) is 97.1 Å². The van der Waals surface area contributed by atoms with Crippen molar-refractivity contribution >= 4 is 33.0 Å². The van der Waals surface area contributed by atoms with Crippen LogP contribution in [0.25, 0.3) is 112 Å². The summed E-state index contributed by atoms with van der Waals surface area (Å²) >= 11 is 0. The van der Waals surface area contributed by atoms with Crippen LogP contribution in [0.15, 0.2) is 191 Å². The van der Waals surface area contributed by atoms with Gasteiger partial charge >= 0.3 is 0 Å². The van der Waals surface area contributed by atoms with E-state index < -0.39 is 0 Å². The predicted octanol–water partition coefficient (Wildman–Crippen LogP) is 14.2. The maximum Gasteiger partial charge on any atom is 0.227 e. The van der Waals surface area contributed by atoms with E-state index in [1.165, 1.54) is 22.3 Å². The van der Waals surface area contributed by atoms with Crippen molar-refractivity contribution in [3.8, 4) is 79.0 Å². The maximum atomic E-state index is 6.81. The standard InChI is InChI=1S/C55H36N4O2/c1-55(2)44-30-37(25-26-41(44)43-31-46-48(32-45(43)55)61-54(56-46)35-19-10-5-11-20-35)40-28-27-39(49-42-23-12-13-24-47(42)60-50(40)49)36-21-14-22-38(29-36)53-58-51(33-15-6-3-7-16-33)57-52(59-53)34-17-8-4-9-18-34/h3-32H,1-2H3. The summed E-state index contributed by atoms with van der Waals surface area (Å²) in [6.07, 6.45) is 0. The lowest BCUT2D eigenvalue weighted by atomic mass is 9.81. The molecule has 8 aromatic carbocycles. The van der Waals surface area contributed by atoms with Crippen molar-refractivity contribution in [2.75, 3.05) is 0 Å². The van der Waals surface area contributed by atoms with Gasteiger partial charge in [-0.25, -0.2) is 19.9 Å². The molecule has 61 heavy (non-hydrogen) atoms. The molecule has 1 aliphatic carbocycles. The minimum absolute atomic E-state index is 0.266. The molecule has 0 amide bonds. The summed E-state index contributed by atoms with van der Waals surface area (Å²) in [6, 6.07) is 62.7. The van der Waals surface area contributed by atoms with E-state index in [9.17, 15) is 0 Å². The molecule has 288 valence electrons. The third kappa shape index (κ3) is 5.71. The highest BCUT2D eigenvalue weighted by atomic mass is 16.3. The van der Waals surface area contributed by atoms with Crippen LogP contribution in [0.2, 0.25) is 0 Å². The highest BCUT2D eigenvalue weighted by Crippen LogP contribution is 2.52. The van der Waals surface area contributed by atoms with Gasteiger partial charge in [0.25, 0.3) is 0 Å². The Hall–Kier alpha value is -7.96. The van der Waals surface area contributed by atoms with Gasteiger partial charge in [-0.1, -0.05) is 147 Å². The van der Waals surface area contributed by atoms with Gasteiger partial charge in [-0.15, -0.1) is 0 Å². The Kier molecular flexibility index (Phi) is 7.78. The molecular weight excluding hydrogens is 749 g/mol. The number of nitrogens with zero attached hydrogens (tertiary/aromatic N) is 4. The molecule has 0 bridgehead atoms. The number of furan rings is 1. The lowest BCUT2D eigenvalue weighted by Crippen LogP contribution is -2.15. The number of hydrogen-bond donors (Lipinski definition) is 0. The molecule has 0 saturated heterocycles. The Labute approximate surface area is 351 Å². The van der Waals surface area contributed by atoms with E-state index in [-0.39, 0.29) is 5.41 Å². The molecule has 3 aromatic heterocycles. The fourth-order valence-corrected chi connectivity index (χ4v) is 9.09. The molecule has 0 saturated carbocycles. The van der Waals surface area contributed by atoms with Gasteiger partial charge in [-0.2, -0.15) is 0 Å². The molecule has 0 fully saturated rings. The van der Waals surface area contributed by atoms with Crippen molar-refractivity contribution in [1.29, 1.82) is 0 Å². The van der Waals surface area contributed by atoms with E-state index in [0.717, 1.165) is 77.5 Å². The normalized spacial score (nSPS) is 12.9. The van der Waals surface area contributed by atoms with Crippen LogP contribution < -0.4 is 0 Å². The van der Waals surface area contributed by atoms with Gasteiger partial charge in [0.05, 0.1) is 0 Å². The minimum Gasteiger partial charge on any atom is -0.455 e.